The number of hydrogen-bond acceptors (Lipinski definition) is 4. The van der Waals surface area contributed by atoms with Crippen LogP contribution in [0.3, 0.4) is 0 Å². The van der Waals surface area contributed by atoms with E-state index in [9.17, 15) is 0 Å². The fourth-order valence-corrected chi connectivity index (χ4v) is 2.42. The molecule has 0 unspecified atom stereocenters. The van der Waals surface area contributed by atoms with Gasteiger partial charge in [0.15, 0.2) is 0 Å². The molecule has 0 bridgehead atoms. The number of nitriles is 1. The van der Waals surface area contributed by atoms with Gasteiger partial charge in [0.1, 0.15) is 16.7 Å². The molecule has 1 heterocycles. The van der Waals surface area contributed by atoms with Crippen molar-refractivity contribution in [2.45, 2.75) is 13.3 Å². The largest absolute Gasteiger partial charge is 0.493 e. The zero-order valence-corrected chi connectivity index (χ0v) is 11.4. The van der Waals surface area contributed by atoms with Crippen LogP contribution in [-0.2, 0) is 6.42 Å². The molecule has 0 saturated heterocycles. The molecule has 1 aromatic carbocycles. The summed E-state index contributed by atoms with van der Waals surface area (Å²) in [5.41, 5.74) is 1.01. The van der Waals surface area contributed by atoms with E-state index in [1.165, 1.54) is 11.3 Å². The minimum Gasteiger partial charge on any atom is -0.493 e. The highest BCUT2D eigenvalue weighted by Crippen LogP contribution is 2.22. The lowest BCUT2D eigenvalue weighted by molar-refractivity contribution is 0.319. The van der Waals surface area contributed by atoms with E-state index in [-0.39, 0.29) is 0 Å². The van der Waals surface area contributed by atoms with E-state index in [0.29, 0.717) is 22.9 Å². The Balaban J connectivity index is 1.90. The predicted octanol–water partition coefficient (Wildman–Crippen LogP) is 3.60. The number of benzene rings is 1. The Labute approximate surface area is 115 Å². The number of aromatic nitrogens is 1. The van der Waals surface area contributed by atoms with Crippen LogP contribution in [0.25, 0.3) is 0 Å². The molecule has 18 heavy (non-hydrogen) atoms. The Bertz CT molecular complexity index is 589. The van der Waals surface area contributed by atoms with Crippen LogP contribution in [0.15, 0.2) is 24.4 Å². The molecule has 2 aromatic rings. The number of nitrogens with zero attached hydrogens (tertiary/aromatic N) is 2. The summed E-state index contributed by atoms with van der Waals surface area (Å²) in [6, 6.07) is 7.61. The van der Waals surface area contributed by atoms with Gasteiger partial charge in [0.2, 0.25) is 0 Å². The second-order valence-corrected chi connectivity index (χ2v) is 5.29. The van der Waals surface area contributed by atoms with Gasteiger partial charge in [-0.05, 0) is 30.7 Å². The molecule has 2 rings (SSSR count). The molecule has 0 aliphatic heterocycles. The molecule has 0 radical (unpaired) electrons. The molecule has 0 spiro atoms. The van der Waals surface area contributed by atoms with E-state index in [1.807, 2.05) is 19.1 Å². The number of ether oxygens (including phenoxy) is 1. The third kappa shape index (κ3) is 3.22. The number of hydrogen-bond donors (Lipinski definition) is 0. The fourth-order valence-electron chi connectivity index (χ4n) is 1.50. The van der Waals surface area contributed by atoms with Crippen LogP contribution >= 0.6 is 22.9 Å². The summed E-state index contributed by atoms with van der Waals surface area (Å²) < 4.78 is 5.66. The lowest BCUT2D eigenvalue weighted by atomic mass is 10.2. The summed E-state index contributed by atoms with van der Waals surface area (Å²) in [6.07, 6.45) is 2.29. The highest BCUT2D eigenvalue weighted by molar-refractivity contribution is 7.12. The van der Waals surface area contributed by atoms with Crippen LogP contribution in [0.2, 0.25) is 5.02 Å². The highest BCUT2D eigenvalue weighted by Gasteiger charge is 2.03. The van der Waals surface area contributed by atoms with E-state index in [2.05, 4.69) is 11.1 Å². The smallest absolute Gasteiger partial charge is 0.124 e. The normalized spacial score (nSPS) is 10.1. The van der Waals surface area contributed by atoms with Crippen molar-refractivity contribution in [1.82, 2.24) is 4.98 Å². The molecular weight excluding hydrogens is 268 g/mol. The second-order valence-electron chi connectivity index (χ2n) is 3.74. The van der Waals surface area contributed by atoms with Gasteiger partial charge in [-0.25, -0.2) is 4.98 Å². The van der Waals surface area contributed by atoms with E-state index in [1.54, 1.807) is 12.3 Å². The quantitative estimate of drug-likeness (QED) is 0.858. The van der Waals surface area contributed by atoms with Crippen LogP contribution in [0.5, 0.6) is 5.75 Å². The third-order valence-electron chi connectivity index (χ3n) is 2.37. The first kappa shape index (κ1) is 12.9. The average Bonchev–Trinajstić information content (AvgIpc) is 2.80. The van der Waals surface area contributed by atoms with Crippen molar-refractivity contribution in [3.63, 3.8) is 0 Å². The first-order chi connectivity index (χ1) is 8.69. The molecular formula is C13H11ClN2OS. The number of rotatable bonds is 4. The summed E-state index contributed by atoms with van der Waals surface area (Å²) >= 11 is 7.27. The molecule has 0 fully saturated rings. The van der Waals surface area contributed by atoms with Gasteiger partial charge < -0.3 is 4.74 Å². The van der Waals surface area contributed by atoms with Crippen LogP contribution in [0.1, 0.15) is 15.4 Å². The SMILES string of the molecule is Cc1cc(Cl)ccc1OCCc1ncc(C#N)s1. The van der Waals surface area contributed by atoms with Crippen molar-refractivity contribution in [1.29, 1.82) is 5.26 Å². The molecule has 0 atom stereocenters. The standard InChI is InChI=1S/C13H11ClN2OS/c1-9-6-10(14)2-3-12(9)17-5-4-13-16-8-11(7-15)18-13/h2-3,6,8H,4-5H2,1H3. The van der Waals surface area contributed by atoms with Crippen molar-refractivity contribution in [2.24, 2.45) is 0 Å². The fraction of sp³-hybridized carbons (Fsp3) is 0.231. The molecule has 0 aliphatic carbocycles. The summed E-state index contributed by atoms with van der Waals surface area (Å²) in [5.74, 6) is 0.830. The van der Waals surface area contributed by atoms with Crippen LogP contribution in [0.4, 0.5) is 0 Å². The Morgan fingerprint density at radius 3 is 3.00 bits per heavy atom. The lowest BCUT2D eigenvalue weighted by Gasteiger charge is -2.08. The zero-order valence-electron chi connectivity index (χ0n) is 9.81. The van der Waals surface area contributed by atoms with Crippen LogP contribution in [-0.4, -0.2) is 11.6 Å². The molecule has 0 N–H and O–H groups in total. The minimum absolute atomic E-state index is 0.543. The van der Waals surface area contributed by atoms with Crippen molar-refractivity contribution < 1.29 is 4.74 Å². The van der Waals surface area contributed by atoms with Gasteiger partial charge >= 0.3 is 0 Å². The minimum atomic E-state index is 0.543. The topological polar surface area (TPSA) is 45.9 Å². The molecule has 3 nitrogen and oxygen atoms in total. The van der Waals surface area contributed by atoms with Gasteiger partial charge in [0.05, 0.1) is 17.8 Å². The summed E-state index contributed by atoms with van der Waals surface area (Å²) in [6.45, 7) is 2.50. The van der Waals surface area contributed by atoms with Gasteiger partial charge in [-0.3, -0.25) is 0 Å². The predicted molar refractivity (Wildman–Crippen MR) is 72.2 cm³/mol. The molecule has 92 valence electrons. The van der Waals surface area contributed by atoms with E-state index >= 15 is 0 Å². The summed E-state index contributed by atoms with van der Waals surface area (Å²) in [4.78, 5) is 4.78. The van der Waals surface area contributed by atoms with E-state index < -0.39 is 0 Å². The third-order valence-corrected chi connectivity index (χ3v) is 3.57. The van der Waals surface area contributed by atoms with Crippen LogP contribution in [0, 0.1) is 18.3 Å². The maximum absolute atomic E-state index is 8.69. The van der Waals surface area contributed by atoms with Gasteiger partial charge in [-0.1, -0.05) is 11.6 Å². The average molecular weight is 279 g/mol. The molecule has 0 aliphatic rings. The highest BCUT2D eigenvalue weighted by atomic mass is 35.5. The van der Waals surface area contributed by atoms with Crippen molar-refractivity contribution in [3.05, 3.63) is 44.9 Å². The number of aryl methyl sites for hydroxylation is 1. The van der Waals surface area contributed by atoms with E-state index in [4.69, 9.17) is 21.6 Å². The summed E-state index contributed by atoms with van der Waals surface area (Å²) in [7, 11) is 0. The number of thiazole rings is 1. The van der Waals surface area contributed by atoms with Gasteiger partial charge in [-0.15, -0.1) is 11.3 Å². The van der Waals surface area contributed by atoms with Gasteiger partial charge in [-0.2, -0.15) is 5.26 Å². The van der Waals surface area contributed by atoms with Gasteiger partial charge in [0, 0.05) is 11.4 Å². The van der Waals surface area contributed by atoms with E-state index in [0.717, 1.165) is 16.3 Å². The molecule has 1 aromatic heterocycles. The molecule has 5 heteroatoms. The molecule has 0 saturated carbocycles. The first-order valence-electron chi connectivity index (χ1n) is 5.43. The Morgan fingerprint density at radius 1 is 1.50 bits per heavy atom. The second kappa shape index (κ2) is 5.85. The van der Waals surface area contributed by atoms with Crippen molar-refractivity contribution in [2.75, 3.05) is 6.61 Å². The maximum atomic E-state index is 8.69. The Kier molecular flexibility index (Phi) is 4.19. The first-order valence-corrected chi connectivity index (χ1v) is 6.62. The monoisotopic (exact) mass is 278 g/mol. The Hall–Kier alpha value is -1.57. The summed E-state index contributed by atoms with van der Waals surface area (Å²) in [5, 5.41) is 10.3. The Morgan fingerprint density at radius 2 is 2.33 bits per heavy atom. The van der Waals surface area contributed by atoms with Crippen molar-refractivity contribution in [3.8, 4) is 11.8 Å². The maximum Gasteiger partial charge on any atom is 0.124 e. The van der Waals surface area contributed by atoms with Crippen LogP contribution < -0.4 is 4.74 Å². The molecule has 0 amide bonds. The van der Waals surface area contributed by atoms with Gasteiger partial charge in [0.25, 0.3) is 0 Å². The zero-order chi connectivity index (χ0) is 13.0. The number of halogens is 1. The lowest BCUT2D eigenvalue weighted by Crippen LogP contribution is -2.02. The van der Waals surface area contributed by atoms with Crippen molar-refractivity contribution >= 4 is 22.9 Å².